The van der Waals surface area contributed by atoms with Crippen molar-refractivity contribution in [2.24, 2.45) is 0 Å². The molecule has 0 saturated heterocycles. The lowest BCUT2D eigenvalue weighted by Crippen LogP contribution is -2.17. The van der Waals surface area contributed by atoms with Gasteiger partial charge in [-0.1, -0.05) is 30.3 Å². The highest BCUT2D eigenvalue weighted by Crippen LogP contribution is 2.14. The summed E-state index contributed by atoms with van der Waals surface area (Å²) < 4.78 is 5.46. The van der Waals surface area contributed by atoms with Gasteiger partial charge in [0.25, 0.3) is 0 Å². The summed E-state index contributed by atoms with van der Waals surface area (Å²) in [5.74, 6) is 0.460. The molecule has 0 unspecified atom stereocenters. The Labute approximate surface area is 117 Å². The molecule has 0 aliphatic heterocycles. The van der Waals surface area contributed by atoms with Crippen molar-refractivity contribution in [2.75, 3.05) is 11.9 Å². The maximum absolute atomic E-state index is 11.8. The van der Waals surface area contributed by atoms with Crippen molar-refractivity contribution < 1.29 is 9.21 Å². The zero-order valence-electron chi connectivity index (χ0n) is 11.6. The van der Waals surface area contributed by atoms with Gasteiger partial charge in [-0.15, -0.1) is 0 Å². The van der Waals surface area contributed by atoms with Crippen molar-refractivity contribution in [3.05, 3.63) is 63.5 Å². The number of hydrogen-bond donors (Lipinski definition) is 1. The van der Waals surface area contributed by atoms with Gasteiger partial charge in [0, 0.05) is 12.6 Å². The van der Waals surface area contributed by atoms with Gasteiger partial charge < -0.3 is 9.73 Å². The van der Waals surface area contributed by atoms with Crippen LogP contribution < -0.4 is 10.7 Å². The first-order chi connectivity index (χ1) is 9.58. The molecule has 0 atom stereocenters. The number of anilines is 1. The zero-order valence-corrected chi connectivity index (χ0v) is 11.6. The third-order valence-corrected chi connectivity index (χ3v) is 2.96. The first-order valence-electron chi connectivity index (χ1n) is 6.51. The molecule has 0 fully saturated rings. The molecular weight excluding hydrogens is 254 g/mol. The van der Waals surface area contributed by atoms with Crippen LogP contribution in [0.3, 0.4) is 0 Å². The second-order valence-electron chi connectivity index (χ2n) is 4.64. The van der Waals surface area contributed by atoms with Gasteiger partial charge >= 0.3 is 0 Å². The number of nitrogens with one attached hydrogen (secondary N) is 1. The van der Waals surface area contributed by atoms with Gasteiger partial charge in [0.05, 0.1) is 0 Å². The number of aryl methyl sites for hydroxylation is 1. The van der Waals surface area contributed by atoms with Crippen LogP contribution in [-0.2, 0) is 6.42 Å². The summed E-state index contributed by atoms with van der Waals surface area (Å²) in [6, 6.07) is 11.3. The highest BCUT2D eigenvalue weighted by atomic mass is 16.4. The smallest absolute Gasteiger partial charge is 0.207 e. The fourth-order valence-corrected chi connectivity index (χ4v) is 2.03. The van der Waals surface area contributed by atoms with E-state index >= 15 is 0 Å². The average Bonchev–Trinajstić information content (AvgIpc) is 2.38. The molecule has 0 spiro atoms. The average molecular weight is 271 g/mol. The van der Waals surface area contributed by atoms with Crippen LogP contribution in [-0.4, -0.2) is 12.3 Å². The Bertz CT molecular complexity index is 659. The minimum atomic E-state index is -0.302. The van der Waals surface area contributed by atoms with Crippen LogP contribution in [0.25, 0.3) is 0 Å². The number of carbonyl (C=O) groups excluding carboxylic acids is 1. The van der Waals surface area contributed by atoms with Gasteiger partial charge in [-0.05, 0) is 25.8 Å². The fourth-order valence-electron chi connectivity index (χ4n) is 2.03. The molecule has 4 nitrogen and oxygen atoms in total. The Morgan fingerprint density at radius 3 is 2.60 bits per heavy atom. The molecule has 0 aliphatic rings. The van der Waals surface area contributed by atoms with E-state index in [0.29, 0.717) is 12.3 Å². The normalized spacial score (nSPS) is 10.3. The molecule has 1 heterocycles. The summed E-state index contributed by atoms with van der Waals surface area (Å²) in [5.41, 5.74) is 0.964. The Kier molecular flexibility index (Phi) is 4.35. The van der Waals surface area contributed by atoms with Crippen molar-refractivity contribution in [3.63, 3.8) is 0 Å². The number of carbonyl (C=O) groups is 1. The van der Waals surface area contributed by atoms with Gasteiger partial charge in [0.15, 0.2) is 11.2 Å². The van der Waals surface area contributed by atoms with Crippen LogP contribution >= 0.6 is 0 Å². The summed E-state index contributed by atoms with van der Waals surface area (Å²) in [6.45, 7) is 3.65. The lowest BCUT2D eigenvalue weighted by atomic mass is 10.1. The first-order valence-corrected chi connectivity index (χ1v) is 6.51. The number of Topliss-reactive ketones (excluding diaryl/α,β-unsaturated/α-hetero) is 1. The van der Waals surface area contributed by atoms with E-state index in [9.17, 15) is 9.59 Å². The largest absolute Gasteiger partial charge is 0.445 e. The highest BCUT2D eigenvalue weighted by molar-refractivity contribution is 5.98. The molecule has 0 radical (unpaired) electrons. The topological polar surface area (TPSA) is 59.3 Å². The minimum absolute atomic E-state index is 0.0867. The van der Waals surface area contributed by atoms with Crippen LogP contribution in [0.2, 0.25) is 0 Å². The summed E-state index contributed by atoms with van der Waals surface area (Å²) in [5, 5.41) is 3.04. The molecule has 104 valence electrons. The quantitative estimate of drug-likeness (QED) is 0.849. The van der Waals surface area contributed by atoms with Crippen LogP contribution in [0.4, 0.5) is 5.88 Å². The van der Waals surface area contributed by atoms with Gasteiger partial charge in [0.2, 0.25) is 5.88 Å². The van der Waals surface area contributed by atoms with Crippen LogP contribution in [0.15, 0.2) is 45.6 Å². The van der Waals surface area contributed by atoms with Crippen molar-refractivity contribution in [1.82, 2.24) is 0 Å². The standard InChI is InChI=1S/C16H17NO3/c1-11-10-14(19)15(12(2)18)16(20-11)17-9-8-13-6-4-3-5-7-13/h3-7,10,17H,8-9H2,1-2H3. The maximum atomic E-state index is 11.8. The predicted molar refractivity (Wildman–Crippen MR) is 78.4 cm³/mol. The second kappa shape index (κ2) is 6.19. The molecule has 0 aliphatic carbocycles. The second-order valence-corrected chi connectivity index (χ2v) is 4.64. The van der Waals surface area contributed by atoms with Gasteiger partial charge in [-0.3, -0.25) is 9.59 Å². The molecule has 1 aromatic carbocycles. The third-order valence-electron chi connectivity index (χ3n) is 2.96. The van der Waals surface area contributed by atoms with E-state index in [1.807, 2.05) is 30.3 Å². The fraction of sp³-hybridized carbons (Fsp3) is 0.250. The molecule has 2 rings (SSSR count). The Balaban J connectivity index is 2.13. The molecule has 4 heteroatoms. The molecule has 0 bridgehead atoms. The SMILES string of the molecule is CC(=O)c1c(NCCc2ccccc2)oc(C)cc1=O. The van der Waals surface area contributed by atoms with Crippen LogP contribution in [0, 0.1) is 6.92 Å². The molecular formula is C16H17NO3. The van der Waals surface area contributed by atoms with Gasteiger partial charge in [-0.25, -0.2) is 0 Å². The number of rotatable bonds is 5. The van der Waals surface area contributed by atoms with Crippen molar-refractivity contribution in [1.29, 1.82) is 0 Å². The summed E-state index contributed by atoms with van der Waals surface area (Å²) in [4.78, 5) is 23.3. The number of benzene rings is 1. The molecule has 20 heavy (non-hydrogen) atoms. The molecule has 1 N–H and O–H groups in total. The van der Waals surface area contributed by atoms with E-state index in [4.69, 9.17) is 4.42 Å². The minimum Gasteiger partial charge on any atom is -0.445 e. The number of hydrogen-bond acceptors (Lipinski definition) is 4. The Morgan fingerprint density at radius 2 is 1.95 bits per heavy atom. The monoisotopic (exact) mass is 271 g/mol. The summed E-state index contributed by atoms with van der Waals surface area (Å²) in [7, 11) is 0. The number of ketones is 1. The molecule has 0 amide bonds. The third kappa shape index (κ3) is 3.35. The van der Waals surface area contributed by atoms with Gasteiger partial charge in [-0.2, -0.15) is 0 Å². The van der Waals surface area contributed by atoms with E-state index < -0.39 is 0 Å². The first kappa shape index (κ1) is 14.1. The van der Waals surface area contributed by atoms with Crippen molar-refractivity contribution in [3.8, 4) is 0 Å². The van der Waals surface area contributed by atoms with E-state index in [0.717, 1.165) is 6.42 Å². The Morgan fingerprint density at radius 1 is 1.25 bits per heavy atom. The summed E-state index contributed by atoms with van der Waals surface area (Å²) in [6.07, 6.45) is 0.788. The highest BCUT2D eigenvalue weighted by Gasteiger charge is 2.14. The summed E-state index contributed by atoms with van der Waals surface area (Å²) >= 11 is 0. The van der Waals surface area contributed by atoms with Crippen LogP contribution in [0.5, 0.6) is 0 Å². The predicted octanol–water partition coefficient (Wildman–Crippen LogP) is 2.81. The van der Waals surface area contributed by atoms with E-state index in [1.165, 1.54) is 18.6 Å². The zero-order chi connectivity index (χ0) is 14.5. The molecule has 2 aromatic rings. The van der Waals surface area contributed by atoms with Crippen molar-refractivity contribution >= 4 is 11.7 Å². The van der Waals surface area contributed by atoms with Crippen LogP contribution in [0.1, 0.15) is 28.6 Å². The molecule has 0 saturated carbocycles. The van der Waals surface area contributed by atoms with Gasteiger partial charge in [0.1, 0.15) is 11.3 Å². The van der Waals surface area contributed by atoms with E-state index in [-0.39, 0.29) is 22.7 Å². The Hall–Kier alpha value is -2.36. The van der Waals surface area contributed by atoms with E-state index in [1.54, 1.807) is 6.92 Å². The van der Waals surface area contributed by atoms with E-state index in [2.05, 4.69) is 5.32 Å². The molecule has 1 aromatic heterocycles. The lowest BCUT2D eigenvalue weighted by molar-refractivity contribution is 0.101. The van der Waals surface area contributed by atoms with Crippen molar-refractivity contribution in [2.45, 2.75) is 20.3 Å². The lowest BCUT2D eigenvalue weighted by Gasteiger charge is -2.09. The maximum Gasteiger partial charge on any atom is 0.207 e.